The summed E-state index contributed by atoms with van der Waals surface area (Å²) in [7, 11) is 0. The van der Waals surface area contributed by atoms with Crippen molar-refractivity contribution in [3.63, 3.8) is 0 Å². The molecule has 0 unspecified atom stereocenters. The summed E-state index contributed by atoms with van der Waals surface area (Å²) in [5.74, 6) is -0.932. The molecule has 0 saturated carbocycles. The van der Waals surface area contributed by atoms with Gasteiger partial charge in [0, 0.05) is 17.5 Å². The lowest BCUT2D eigenvalue weighted by Crippen LogP contribution is -2.27. The molecule has 3 rings (SSSR count). The van der Waals surface area contributed by atoms with Crippen molar-refractivity contribution < 1.29 is 14.6 Å². The summed E-state index contributed by atoms with van der Waals surface area (Å²) in [4.78, 5) is 11.2. The first-order chi connectivity index (χ1) is 9.72. The number of carbonyl (C=O) groups is 1. The van der Waals surface area contributed by atoms with Crippen LogP contribution in [0.15, 0.2) is 72.5 Å². The van der Waals surface area contributed by atoms with Crippen molar-refractivity contribution in [2.75, 3.05) is 0 Å². The average Bonchev–Trinajstić information content (AvgIpc) is 2.96. The van der Waals surface area contributed by atoms with Gasteiger partial charge in [-0.25, -0.2) is 4.79 Å². The van der Waals surface area contributed by atoms with Gasteiger partial charge >= 0.3 is 5.97 Å². The fourth-order valence-electron chi connectivity index (χ4n) is 2.57. The monoisotopic (exact) mass is 266 g/mol. The van der Waals surface area contributed by atoms with Crippen LogP contribution in [-0.4, -0.2) is 11.1 Å². The van der Waals surface area contributed by atoms with Crippen LogP contribution in [0.25, 0.3) is 0 Å². The Balaban J connectivity index is 2.09. The molecule has 1 N–H and O–H groups in total. The molecule has 0 radical (unpaired) electrons. The number of aliphatic carboxylic acids is 1. The van der Waals surface area contributed by atoms with E-state index in [4.69, 9.17) is 4.74 Å². The smallest absolute Gasteiger partial charge is 0.334 e. The molecule has 1 aliphatic heterocycles. The molecule has 1 heterocycles. The Kier molecular flexibility index (Phi) is 3.03. The van der Waals surface area contributed by atoms with E-state index in [0.717, 1.165) is 11.1 Å². The Labute approximate surface area is 117 Å². The van der Waals surface area contributed by atoms with E-state index in [2.05, 4.69) is 0 Å². The number of benzene rings is 2. The van der Waals surface area contributed by atoms with Gasteiger partial charge in [-0.15, -0.1) is 0 Å². The van der Waals surface area contributed by atoms with E-state index in [0.29, 0.717) is 6.42 Å². The minimum atomic E-state index is -0.932. The van der Waals surface area contributed by atoms with Crippen molar-refractivity contribution in [1.29, 1.82) is 0 Å². The first-order valence-electron chi connectivity index (χ1n) is 6.43. The lowest BCUT2D eigenvalue weighted by atomic mass is 9.82. The third-order valence-electron chi connectivity index (χ3n) is 3.60. The minimum absolute atomic E-state index is 0.290. The van der Waals surface area contributed by atoms with E-state index in [1.807, 2.05) is 60.7 Å². The van der Waals surface area contributed by atoms with Crippen LogP contribution in [-0.2, 0) is 15.1 Å². The molecule has 3 nitrogen and oxygen atoms in total. The molecule has 100 valence electrons. The van der Waals surface area contributed by atoms with E-state index < -0.39 is 11.6 Å². The Morgan fingerprint density at radius 2 is 1.45 bits per heavy atom. The van der Waals surface area contributed by atoms with Gasteiger partial charge in [0.15, 0.2) is 5.60 Å². The highest BCUT2D eigenvalue weighted by Crippen LogP contribution is 2.43. The average molecular weight is 266 g/mol. The second-order valence-electron chi connectivity index (χ2n) is 4.80. The zero-order valence-electron chi connectivity index (χ0n) is 10.8. The van der Waals surface area contributed by atoms with Gasteiger partial charge in [0.2, 0.25) is 0 Å². The Bertz CT molecular complexity index is 605. The maximum atomic E-state index is 11.2. The SMILES string of the molecule is O=C(O)C1=COC(c2ccccc2)(c2ccccc2)C1. The van der Waals surface area contributed by atoms with Crippen LogP contribution in [0.5, 0.6) is 0 Å². The second kappa shape index (κ2) is 4.85. The summed E-state index contributed by atoms with van der Waals surface area (Å²) in [6.45, 7) is 0. The van der Waals surface area contributed by atoms with E-state index in [1.165, 1.54) is 6.26 Å². The Morgan fingerprint density at radius 1 is 0.950 bits per heavy atom. The zero-order valence-corrected chi connectivity index (χ0v) is 10.8. The normalized spacial score (nSPS) is 16.3. The molecule has 0 bridgehead atoms. The summed E-state index contributed by atoms with van der Waals surface area (Å²) < 4.78 is 5.84. The number of ether oxygens (including phenoxy) is 1. The number of carboxylic acid groups (broad SMARTS) is 1. The molecule has 0 spiro atoms. The number of hydrogen-bond acceptors (Lipinski definition) is 2. The number of carboxylic acids is 1. The first kappa shape index (κ1) is 12.5. The molecule has 0 saturated heterocycles. The van der Waals surface area contributed by atoms with Crippen molar-refractivity contribution in [3.8, 4) is 0 Å². The predicted octanol–water partition coefficient (Wildman–Crippen LogP) is 3.32. The molecule has 0 amide bonds. The molecule has 0 aliphatic carbocycles. The van der Waals surface area contributed by atoms with Crippen LogP contribution < -0.4 is 0 Å². The van der Waals surface area contributed by atoms with Gasteiger partial charge in [0.05, 0.1) is 11.8 Å². The van der Waals surface area contributed by atoms with Crippen molar-refractivity contribution in [1.82, 2.24) is 0 Å². The summed E-state index contributed by atoms with van der Waals surface area (Å²) in [5.41, 5.74) is 1.46. The van der Waals surface area contributed by atoms with Gasteiger partial charge in [-0.3, -0.25) is 0 Å². The van der Waals surface area contributed by atoms with Gasteiger partial charge in [-0.2, -0.15) is 0 Å². The third-order valence-corrected chi connectivity index (χ3v) is 3.60. The van der Waals surface area contributed by atoms with Gasteiger partial charge in [-0.05, 0) is 0 Å². The molecular weight excluding hydrogens is 252 g/mol. The predicted molar refractivity (Wildman–Crippen MR) is 75.1 cm³/mol. The molecule has 3 heteroatoms. The van der Waals surface area contributed by atoms with E-state index in [-0.39, 0.29) is 5.57 Å². The molecule has 20 heavy (non-hydrogen) atoms. The van der Waals surface area contributed by atoms with E-state index in [1.54, 1.807) is 0 Å². The standard InChI is InChI=1S/C17H14O3/c18-16(19)13-11-17(20-12-13,14-7-3-1-4-8-14)15-9-5-2-6-10-15/h1-10,12H,11H2,(H,18,19). The van der Waals surface area contributed by atoms with E-state index >= 15 is 0 Å². The highest BCUT2D eigenvalue weighted by molar-refractivity contribution is 5.87. The summed E-state index contributed by atoms with van der Waals surface area (Å²) in [6, 6.07) is 19.5. The van der Waals surface area contributed by atoms with Crippen LogP contribution >= 0.6 is 0 Å². The van der Waals surface area contributed by atoms with Crippen molar-refractivity contribution in [2.24, 2.45) is 0 Å². The fourth-order valence-corrected chi connectivity index (χ4v) is 2.57. The van der Waals surface area contributed by atoms with Gasteiger partial charge in [0.1, 0.15) is 0 Å². The number of rotatable bonds is 3. The summed E-state index contributed by atoms with van der Waals surface area (Å²) >= 11 is 0. The molecule has 2 aromatic carbocycles. The van der Waals surface area contributed by atoms with Crippen LogP contribution in [0.3, 0.4) is 0 Å². The van der Waals surface area contributed by atoms with Gasteiger partial charge in [-0.1, -0.05) is 60.7 Å². The highest BCUT2D eigenvalue weighted by atomic mass is 16.5. The summed E-state index contributed by atoms with van der Waals surface area (Å²) in [6.07, 6.45) is 1.69. The Morgan fingerprint density at radius 3 is 1.85 bits per heavy atom. The Hall–Kier alpha value is -2.55. The molecule has 0 atom stereocenters. The summed E-state index contributed by atoms with van der Waals surface area (Å²) in [5, 5.41) is 9.19. The largest absolute Gasteiger partial charge is 0.484 e. The van der Waals surface area contributed by atoms with Crippen molar-refractivity contribution in [2.45, 2.75) is 12.0 Å². The highest BCUT2D eigenvalue weighted by Gasteiger charge is 2.42. The van der Waals surface area contributed by atoms with E-state index in [9.17, 15) is 9.90 Å². The fraction of sp³-hybridized carbons (Fsp3) is 0.118. The van der Waals surface area contributed by atoms with Crippen LogP contribution in [0, 0.1) is 0 Å². The first-order valence-corrected chi connectivity index (χ1v) is 6.43. The van der Waals surface area contributed by atoms with Crippen LogP contribution in [0.4, 0.5) is 0 Å². The topological polar surface area (TPSA) is 46.5 Å². The maximum Gasteiger partial charge on any atom is 0.334 e. The van der Waals surface area contributed by atoms with Crippen LogP contribution in [0.1, 0.15) is 17.5 Å². The third kappa shape index (κ3) is 1.97. The van der Waals surface area contributed by atoms with Crippen molar-refractivity contribution in [3.05, 3.63) is 83.6 Å². The molecule has 0 aromatic heterocycles. The molecule has 2 aromatic rings. The van der Waals surface area contributed by atoms with Gasteiger partial charge < -0.3 is 9.84 Å². The van der Waals surface area contributed by atoms with Crippen LogP contribution in [0.2, 0.25) is 0 Å². The lowest BCUT2D eigenvalue weighted by molar-refractivity contribution is -0.132. The number of hydrogen-bond donors (Lipinski definition) is 1. The molecular formula is C17H14O3. The lowest BCUT2D eigenvalue weighted by Gasteiger charge is -2.30. The zero-order chi connectivity index (χ0) is 14.0. The molecule has 0 fully saturated rings. The maximum absolute atomic E-state index is 11.2. The quantitative estimate of drug-likeness (QED) is 0.927. The second-order valence-corrected chi connectivity index (χ2v) is 4.80. The van der Waals surface area contributed by atoms with Gasteiger partial charge in [0.25, 0.3) is 0 Å². The minimum Gasteiger partial charge on any atom is -0.484 e. The molecule has 1 aliphatic rings. The van der Waals surface area contributed by atoms with Crippen molar-refractivity contribution >= 4 is 5.97 Å².